The van der Waals surface area contributed by atoms with E-state index in [1.165, 1.54) is 6.07 Å². The van der Waals surface area contributed by atoms with E-state index in [2.05, 4.69) is 20.7 Å². The van der Waals surface area contributed by atoms with Gasteiger partial charge in [0.25, 0.3) is 10.0 Å². The quantitative estimate of drug-likeness (QED) is 0.819. The molecule has 0 aliphatic carbocycles. The topological polar surface area (TPSA) is 46.2 Å². The van der Waals surface area contributed by atoms with E-state index in [1.807, 2.05) is 0 Å². The van der Waals surface area contributed by atoms with Gasteiger partial charge in [0.2, 0.25) is 0 Å². The second kappa shape index (κ2) is 5.73. The molecule has 2 rings (SSSR count). The Morgan fingerprint density at radius 2 is 1.71 bits per heavy atom. The SMILES string of the molecule is Cc1ccc(C)c(S(=O)(=O)Nc2cc(F)c(Br)cc2F)c1. The Hall–Kier alpha value is -1.47. The molecule has 3 nitrogen and oxygen atoms in total. The maximum Gasteiger partial charge on any atom is 0.262 e. The zero-order valence-electron chi connectivity index (χ0n) is 11.2. The predicted molar refractivity (Wildman–Crippen MR) is 80.8 cm³/mol. The Kier molecular flexibility index (Phi) is 4.34. The van der Waals surface area contributed by atoms with Crippen LogP contribution in [-0.4, -0.2) is 8.42 Å². The van der Waals surface area contributed by atoms with E-state index < -0.39 is 27.3 Å². The fourth-order valence-electron chi connectivity index (χ4n) is 1.80. The van der Waals surface area contributed by atoms with Gasteiger partial charge in [-0.25, -0.2) is 17.2 Å². The number of hydrogen-bond acceptors (Lipinski definition) is 2. The average molecular weight is 376 g/mol. The summed E-state index contributed by atoms with van der Waals surface area (Å²) in [6.07, 6.45) is 0. The Balaban J connectivity index is 2.47. The maximum absolute atomic E-state index is 13.7. The highest BCUT2D eigenvalue weighted by Crippen LogP contribution is 2.26. The van der Waals surface area contributed by atoms with Gasteiger partial charge >= 0.3 is 0 Å². The highest BCUT2D eigenvalue weighted by Gasteiger charge is 2.20. The number of rotatable bonds is 3. The van der Waals surface area contributed by atoms with E-state index in [0.717, 1.165) is 17.7 Å². The largest absolute Gasteiger partial charge is 0.277 e. The van der Waals surface area contributed by atoms with Gasteiger partial charge in [-0.1, -0.05) is 12.1 Å². The van der Waals surface area contributed by atoms with Crippen LogP contribution in [0.4, 0.5) is 14.5 Å². The van der Waals surface area contributed by atoms with Crippen LogP contribution in [-0.2, 0) is 10.0 Å². The molecule has 0 saturated carbocycles. The summed E-state index contributed by atoms with van der Waals surface area (Å²) in [4.78, 5) is 0.0326. The van der Waals surface area contributed by atoms with Gasteiger partial charge in [-0.2, -0.15) is 0 Å². The van der Waals surface area contributed by atoms with Crippen molar-refractivity contribution in [3.63, 3.8) is 0 Å². The van der Waals surface area contributed by atoms with E-state index >= 15 is 0 Å². The fourth-order valence-corrected chi connectivity index (χ4v) is 3.50. The number of halogens is 3. The maximum atomic E-state index is 13.7. The number of nitrogens with one attached hydrogen (secondary N) is 1. The van der Waals surface area contributed by atoms with Crippen molar-refractivity contribution < 1.29 is 17.2 Å². The third-order valence-electron chi connectivity index (χ3n) is 2.89. The van der Waals surface area contributed by atoms with E-state index in [0.29, 0.717) is 5.56 Å². The number of sulfonamides is 1. The summed E-state index contributed by atoms with van der Waals surface area (Å²) in [7, 11) is -3.99. The van der Waals surface area contributed by atoms with Gasteiger partial charge in [-0.15, -0.1) is 0 Å². The lowest BCUT2D eigenvalue weighted by Gasteiger charge is -2.12. The van der Waals surface area contributed by atoms with Gasteiger partial charge in [0.05, 0.1) is 15.1 Å². The van der Waals surface area contributed by atoms with Gasteiger partial charge in [0.15, 0.2) is 0 Å². The van der Waals surface area contributed by atoms with Crippen LogP contribution in [0.3, 0.4) is 0 Å². The Morgan fingerprint density at radius 1 is 1.05 bits per heavy atom. The van der Waals surface area contributed by atoms with Crippen molar-refractivity contribution >= 4 is 31.6 Å². The van der Waals surface area contributed by atoms with Crippen LogP contribution in [0, 0.1) is 25.5 Å². The highest BCUT2D eigenvalue weighted by atomic mass is 79.9. The van der Waals surface area contributed by atoms with Gasteiger partial charge in [-0.3, -0.25) is 4.72 Å². The molecule has 0 atom stereocenters. The first-order chi connectivity index (χ1) is 9.70. The smallest absolute Gasteiger partial charge is 0.262 e. The van der Waals surface area contributed by atoms with E-state index in [1.54, 1.807) is 26.0 Å². The highest BCUT2D eigenvalue weighted by molar-refractivity contribution is 9.10. The second-order valence-corrected chi connectivity index (χ2v) is 7.13. The van der Waals surface area contributed by atoms with E-state index in [4.69, 9.17) is 0 Å². The minimum absolute atomic E-state index is 0.0326. The molecule has 0 radical (unpaired) electrons. The summed E-state index contributed by atoms with van der Waals surface area (Å²) < 4.78 is 53.8. The van der Waals surface area contributed by atoms with Crippen molar-refractivity contribution in [3.05, 3.63) is 57.6 Å². The third kappa shape index (κ3) is 3.41. The van der Waals surface area contributed by atoms with Crippen molar-refractivity contribution in [3.8, 4) is 0 Å². The van der Waals surface area contributed by atoms with E-state index in [9.17, 15) is 17.2 Å². The molecule has 0 spiro atoms. The monoisotopic (exact) mass is 375 g/mol. The molecule has 1 N–H and O–H groups in total. The number of aryl methyl sites for hydroxylation is 2. The first-order valence-electron chi connectivity index (χ1n) is 5.95. The van der Waals surface area contributed by atoms with Gasteiger partial charge in [0.1, 0.15) is 11.6 Å². The third-order valence-corrected chi connectivity index (χ3v) is 5.00. The Labute approximate surface area is 130 Å². The molecule has 0 fully saturated rings. The number of benzene rings is 2. The molecular formula is C14H12BrF2NO2S. The lowest BCUT2D eigenvalue weighted by atomic mass is 10.2. The molecule has 0 aliphatic heterocycles. The number of hydrogen-bond donors (Lipinski definition) is 1. The molecule has 0 aliphatic rings. The van der Waals surface area contributed by atoms with Crippen LogP contribution in [0.1, 0.15) is 11.1 Å². The van der Waals surface area contributed by atoms with E-state index in [-0.39, 0.29) is 9.37 Å². The Morgan fingerprint density at radius 3 is 2.38 bits per heavy atom. The Bertz CT molecular complexity index is 807. The molecule has 7 heteroatoms. The first kappa shape index (κ1) is 15.9. The molecule has 21 heavy (non-hydrogen) atoms. The molecule has 0 aromatic heterocycles. The van der Waals surface area contributed by atoms with Crippen molar-refractivity contribution in [2.75, 3.05) is 4.72 Å². The lowest BCUT2D eigenvalue weighted by molar-refractivity contribution is 0.591. The standard InChI is InChI=1S/C14H12BrF2NO2S/c1-8-3-4-9(2)14(5-8)21(19,20)18-13-7-11(16)10(15)6-12(13)17/h3-7,18H,1-2H3. The average Bonchev–Trinajstić information content (AvgIpc) is 2.38. The molecule has 0 unspecified atom stereocenters. The van der Waals surface area contributed by atoms with Crippen molar-refractivity contribution in [2.24, 2.45) is 0 Å². The predicted octanol–water partition coefficient (Wildman–Crippen LogP) is 4.14. The second-order valence-electron chi connectivity index (χ2n) is 4.62. The minimum atomic E-state index is -3.99. The van der Waals surface area contributed by atoms with Crippen LogP contribution in [0.5, 0.6) is 0 Å². The van der Waals surface area contributed by atoms with Gasteiger partial charge in [-0.05, 0) is 53.0 Å². The van der Waals surface area contributed by atoms with Crippen LogP contribution in [0.25, 0.3) is 0 Å². The molecule has 2 aromatic rings. The van der Waals surface area contributed by atoms with Crippen molar-refractivity contribution in [2.45, 2.75) is 18.7 Å². The molecule has 0 saturated heterocycles. The molecule has 0 heterocycles. The van der Waals surface area contributed by atoms with Crippen molar-refractivity contribution in [1.82, 2.24) is 0 Å². The summed E-state index contributed by atoms with van der Waals surface area (Å²) in [6, 6.07) is 6.57. The zero-order valence-corrected chi connectivity index (χ0v) is 13.6. The van der Waals surface area contributed by atoms with Crippen LogP contribution in [0.15, 0.2) is 39.7 Å². The van der Waals surface area contributed by atoms with Crippen LogP contribution >= 0.6 is 15.9 Å². The normalized spacial score (nSPS) is 11.5. The lowest BCUT2D eigenvalue weighted by Crippen LogP contribution is -2.15. The molecular weight excluding hydrogens is 364 g/mol. The summed E-state index contributed by atoms with van der Waals surface area (Å²) in [5.74, 6) is -1.62. The molecule has 0 bridgehead atoms. The summed E-state index contributed by atoms with van der Waals surface area (Å²) in [5.41, 5.74) is 0.839. The zero-order chi connectivity index (χ0) is 15.8. The van der Waals surface area contributed by atoms with Crippen molar-refractivity contribution in [1.29, 1.82) is 0 Å². The summed E-state index contributed by atoms with van der Waals surface area (Å²) >= 11 is 2.83. The van der Waals surface area contributed by atoms with Gasteiger partial charge in [0, 0.05) is 6.07 Å². The summed E-state index contributed by atoms with van der Waals surface area (Å²) in [5, 5.41) is 0. The molecule has 2 aromatic carbocycles. The molecule has 112 valence electrons. The van der Waals surface area contributed by atoms with Crippen LogP contribution < -0.4 is 4.72 Å². The first-order valence-corrected chi connectivity index (χ1v) is 8.23. The molecule has 0 amide bonds. The van der Waals surface area contributed by atoms with Crippen LogP contribution in [0.2, 0.25) is 0 Å². The summed E-state index contributed by atoms with van der Waals surface area (Å²) in [6.45, 7) is 3.38. The van der Waals surface area contributed by atoms with Gasteiger partial charge < -0.3 is 0 Å². The fraction of sp³-hybridized carbons (Fsp3) is 0.143. The number of anilines is 1. The minimum Gasteiger partial charge on any atom is -0.277 e.